The van der Waals surface area contributed by atoms with Crippen molar-refractivity contribution in [3.63, 3.8) is 0 Å². The van der Waals surface area contributed by atoms with Crippen molar-refractivity contribution < 1.29 is 0 Å². The van der Waals surface area contributed by atoms with Crippen LogP contribution in [0.25, 0.3) is 0 Å². The lowest BCUT2D eigenvalue weighted by Crippen LogP contribution is -2.41. The van der Waals surface area contributed by atoms with Gasteiger partial charge in [-0.25, -0.2) is 0 Å². The summed E-state index contributed by atoms with van der Waals surface area (Å²) in [4.78, 5) is 4.21. The molecule has 0 aliphatic heterocycles. The molecule has 0 bridgehead atoms. The SMILES string of the molecule is Cc1ccncc1CNC1CCC(C)(C)CC1C. The van der Waals surface area contributed by atoms with E-state index in [0.29, 0.717) is 11.5 Å². The van der Waals surface area contributed by atoms with Crippen LogP contribution in [0.5, 0.6) is 0 Å². The Hall–Kier alpha value is -0.890. The van der Waals surface area contributed by atoms with Crippen LogP contribution in [0.15, 0.2) is 18.5 Å². The molecule has 1 aliphatic rings. The number of rotatable bonds is 3. The van der Waals surface area contributed by atoms with Crippen LogP contribution in [-0.2, 0) is 6.54 Å². The van der Waals surface area contributed by atoms with Crippen molar-refractivity contribution in [1.29, 1.82) is 0 Å². The molecule has 0 amide bonds. The molecule has 0 spiro atoms. The molecule has 1 fully saturated rings. The minimum Gasteiger partial charge on any atom is -0.310 e. The summed E-state index contributed by atoms with van der Waals surface area (Å²) in [5.41, 5.74) is 3.19. The lowest BCUT2D eigenvalue weighted by molar-refractivity contribution is 0.148. The van der Waals surface area contributed by atoms with Gasteiger partial charge in [0, 0.05) is 25.0 Å². The highest BCUT2D eigenvalue weighted by Gasteiger charge is 2.31. The van der Waals surface area contributed by atoms with Crippen molar-refractivity contribution in [2.75, 3.05) is 0 Å². The Morgan fingerprint density at radius 3 is 2.89 bits per heavy atom. The van der Waals surface area contributed by atoms with Gasteiger partial charge >= 0.3 is 0 Å². The van der Waals surface area contributed by atoms with Gasteiger partial charge in [0.15, 0.2) is 0 Å². The second-order valence-corrected chi connectivity index (χ2v) is 6.67. The zero-order valence-corrected chi connectivity index (χ0v) is 12.2. The van der Waals surface area contributed by atoms with E-state index in [0.717, 1.165) is 12.5 Å². The first-order valence-corrected chi connectivity index (χ1v) is 7.11. The summed E-state index contributed by atoms with van der Waals surface area (Å²) in [5.74, 6) is 0.769. The Labute approximate surface area is 111 Å². The van der Waals surface area contributed by atoms with Crippen LogP contribution in [0.2, 0.25) is 0 Å². The van der Waals surface area contributed by atoms with Crippen molar-refractivity contribution >= 4 is 0 Å². The molecule has 18 heavy (non-hydrogen) atoms. The van der Waals surface area contributed by atoms with Crippen molar-refractivity contribution in [1.82, 2.24) is 10.3 Å². The first-order valence-electron chi connectivity index (χ1n) is 7.11. The normalized spacial score (nSPS) is 27.1. The van der Waals surface area contributed by atoms with E-state index in [2.05, 4.69) is 44.1 Å². The number of aryl methyl sites for hydroxylation is 1. The monoisotopic (exact) mass is 246 g/mol. The van der Waals surface area contributed by atoms with Gasteiger partial charge in [-0.05, 0) is 54.7 Å². The summed E-state index contributed by atoms with van der Waals surface area (Å²) >= 11 is 0. The van der Waals surface area contributed by atoms with Crippen LogP contribution in [0, 0.1) is 18.3 Å². The van der Waals surface area contributed by atoms with Gasteiger partial charge in [0.2, 0.25) is 0 Å². The fourth-order valence-corrected chi connectivity index (χ4v) is 3.17. The highest BCUT2D eigenvalue weighted by molar-refractivity contribution is 5.21. The minimum atomic E-state index is 0.530. The largest absolute Gasteiger partial charge is 0.310 e. The van der Waals surface area contributed by atoms with Gasteiger partial charge in [-0.1, -0.05) is 20.8 Å². The fourth-order valence-electron chi connectivity index (χ4n) is 3.17. The Kier molecular flexibility index (Phi) is 4.06. The number of hydrogen-bond acceptors (Lipinski definition) is 2. The number of nitrogens with zero attached hydrogens (tertiary/aromatic N) is 1. The van der Waals surface area contributed by atoms with Crippen LogP contribution in [0.1, 0.15) is 51.2 Å². The summed E-state index contributed by atoms with van der Waals surface area (Å²) in [6, 6.07) is 2.75. The van der Waals surface area contributed by atoms with E-state index in [-0.39, 0.29) is 0 Å². The van der Waals surface area contributed by atoms with E-state index in [9.17, 15) is 0 Å². The maximum Gasteiger partial charge on any atom is 0.0315 e. The molecule has 100 valence electrons. The maximum absolute atomic E-state index is 4.21. The van der Waals surface area contributed by atoms with Gasteiger partial charge in [-0.3, -0.25) is 4.98 Å². The smallest absolute Gasteiger partial charge is 0.0315 e. The highest BCUT2D eigenvalue weighted by Crippen LogP contribution is 2.38. The van der Waals surface area contributed by atoms with E-state index in [1.807, 2.05) is 12.4 Å². The number of pyridine rings is 1. The Morgan fingerprint density at radius 1 is 1.44 bits per heavy atom. The molecule has 0 aromatic carbocycles. The van der Waals surface area contributed by atoms with Crippen molar-refractivity contribution in [2.45, 2.75) is 59.5 Å². The van der Waals surface area contributed by atoms with Gasteiger partial charge in [0.1, 0.15) is 0 Å². The van der Waals surface area contributed by atoms with Gasteiger partial charge in [-0.2, -0.15) is 0 Å². The summed E-state index contributed by atoms with van der Waals surface area (Å²) in [7, 11) is 0. The quantitative estimate of drug-likeness (QED) is 0.879. The number of aromatic nitrogens is 1. The Bertz CT molecular complexity index is 398. The minimum absolute atomic E-state index is 0.530. The average molecular weight is 246 g/mol. The van der Waals surface area contributed by atoms with E-state index in [1.165, 1.54) is 30.4 Å². The maximum atomic E-state index is 4.21. The van der Waals surface area contributed by atoms with Crippen LogP contribution < -0.4 is 5.32 Å². The zero-order valence-electron chi connectivity index (χ0n) is 12.2. The molecule has 1 saturated carbocycles. The molecular weight excluding hydrogens is 220 g/mol. The molecule has 2 rings (SSSR count). The molecule has 1 aromatic heterocycles. The van der Waals surface area contributed by atoms with Crippen LogP contribution in [0.3, 0.4) is 0 Å². The molecule has 1 heterocycles. The van der Waals surface area contributed by atoms with Crippen molar-refractivity contribution in [3.05, 3.63) is 29.6 Å². The fraction of sp³-hybridized carbons (Fsp3) is 0.688. The molecule has 2 atom stereocenters. The second-order valence-electron chi connectivity index (χ2n) is 6.67. The third kappa shape index (κ3) is 3.32. The summed E-state index contributed by atoms with van der Waals surface area (Å²) in [6.07, 6.45) is 7.82. The second kappa shape index (κ2) is 5.40. The third-order valence-corrected chi connectivity index (χ3v) is 4.40. The standard InChI is InChI=1S/C16H26N2/c1-12-6-8-17-10-14(12)11-18-15-5-7-16(3,4)9-13(15)2/h6,8,10,13,15,18H,5,7,9,11H2,1-4H3. The summed E-state index contributed by atoms with van der Waals surface area (Å²) in [6.45, 7) is 10.3. The van der Waals surface area contributed by atoms with E-state index >= 15 is 0 Å². The summed E-state index contributed by atoms with van der Waals surface area (Å²) in [5, 5.41) is 3.73. The first-order chi connectivity index (χ1) is 8.48. The molecule has 1 N–H and O–H groups in total. The van der Waals surface area contributed by atoms with Crippen LogP contribution in [0.4, 0.5) is 0 Å². The Balaban J connectivity index is 1.90. The van der Waals surface area contributed by atoms with Gasteiger partial charge in [0.05, 0.1) is 0 Å². The Morgan fingerprint density at radius 2 is 2.22 bits per heavy atom. The van der Waals surface area contributed by atoms with Crippen molar-refractivity contribution in [2.24, 2.45) is 11.3 Å². The average Bonchev–Trinajstić information content (AvgIpc) is 2.29. The molecule has 1 aromatic rings. The predicted octanol–water partition coefficient (Wildman–Crippen LogP) is 3.69. The molecule has 0 saturated heterocycles. The van der Waals surface area contributed by atoms with Crippen LogP contribution >= 0.6 is 0 Å². The van der Waals surface area contributed by atoms with E-state index < -0.39 is 0 Å². The zero-order chi connectivity index (χ0) is 13.2. The predicted molar refractivity (Wildman–Crippen MR) is 76.4 cm³/mol. The molecule has 2 unspecified atom stereocenters. The van der Waals surface area contributed by atoms with Crippen LogP contribution in [-0.4, -0.2) is 11.0 Å². The molecule has 1 aliphatic carbocycles. The van der Waals surface area contributed by atoms with E-state index in [4.69, 9.17) is 0 Å². The van der Waals surface area contributed by atoms with Gasteiger partial charge in [-0.15, -0.1) is 0 Å². The van der Waals surface area contributed by atoms with E-state index in [1.54, 1.807) is 0 Å². The summed E-state index contributed by atoms with van der Waals surface area (Å²) < 4.78 is 0. The number of hydrogen-bond donors (Lipinski definition) is 1. The molecular formula is C16H26N2. The van der Waals surface area contributed by atoms with Crippen molar-refractivity contribution in [3.8, 4) is 0 Å². The van der Waals surface area contributed by atoms with Gasteiger partial charge in [0.25, 0.3) is 0 Å². The lowest BCUT2D eigenvalue weighted by Gasteiger charge is -2.39. The lowest BCUT2D eigenvalue weighted by atomic mass is 9.70. The van der Waals surface area contributed by atoms with Gasteiger partial charge < -0.3 is 5.32 Å². The highest BCUT2D eigenvalue weighted by atomic mass is 14.9. The first kappa shape index (κ1) is 13.5. The molecule has 2 heteroatoms. The number of nitrogens with one attached hydrogen (secondary N) is 1. The third-order valence-electron chi connectivity index (χ3n) is 4.40. The topological polar surface area (TPSA) is 24.9 Å². The molecule has 0 radical (unpaired) electrons. The molecule has 2 nitrogen and oxygen atoms in total.